The molecule has 2 N–H and O–H groups in total. The van der Waals surface area contributed by atoms with E-state index in [0.717, 1.165) is 22.4 Å². The zero-order chi connectivity index (χ0) is 12.4. The number of halogens is 1. The summed E-state index contributed by atoms with van der Waals surface area (Å²) in [5.41, 5.74) is 6.83. The second kappa shape index (κ2) is 5.80. The lowest BCUT2D eigenvalue weighted by Gasteiger charge is -2.29. The van der Waals surface area contributed by atoms with Crippen LogP contribution in [0.1, 0.15) is 30.1 Å². The Labute approximate surface area is 119 Å². The Morgan fingerprint density at radius 2 is 2.06 bits per heavy atom. The second-order valence-electron chi connectivity index (χ2n) is 3.98. The predicted molar refractivity (Wildman–Crippen MR) is 80.6 cm³/mol. The number of nitrogen functional groups attached to an aromatic ring is 1. The van der Waals surface area contributed by atoms with Gasteiger partial charge in [0.15, 0.2) is 0 Å². The van der Waals surface area contributed by atoms with Gasteiger partial charge in [-0.25, -0.2) is 9.97 Å². The van der Waals surface area contributed by atoms with E-state index in [1.165, 1.54) is 11.5 Å². The Bertz CT molecular complexity index is 391. The molecule has 1 saturated heterocycles. The van der Waals surface area contributed by atoms with Crippen LogP contribution >= 0.6 is 39.5 Å². The predicted octanol–water partition coefficient (Wildman–Crippen LogP) is 3.43. The van der Waals surface area contributed by atoms with E-state index in [1.807, 2.05) is 30.4 Å². The van der Waals surface area contributed by atoms with Crippen LogP contribution in [0.2, 0.25) is 0 Å². The summed E-state index contributed by atoms with van der Waals surface area (Å²) >= 11 is 7.39. The molecule has 2 atom stereocenters. The fraction of sp³-hybridized carbons (Fsp3) is 0.636. The second-order valence-corrected chi connectivity index (χ2v) is 7.36. The van der Waals surface area contributed by atoms with Crippen molar-refractivity contribution >= 4 is 45.3 Å². The fourth-order valence-corrected chi connectivity index (χ4v) is 5.04. The Kier molecular flexibility index (Phi) is 4.60. The van der Waals surface area contributed by atoms with Gasteiger partial charge in [-0.2, -0.15) is 11.8 Å². The van der Waals surface area contributed by atoms with E-state index < -0.39 is 0 Å². The zero-order valence-corrected chi connectivity index (χ0v) is 13.2. The van der Waals surface area contributed by atoms with Crippen LogP contribution in [0.5, 0.6) is 0 Å². The average molecular weight is 334 g/mol. The van der Waals surface area contributed by atoms with Crippen molar-refractivity contribution in [1.29, 1.82) is 0 Å². The van der Waals surface area contributed by atoms with Crippen molar-refractivity contribution in [3.8, 4) is 0 Å². The molecule has 6 heteroatoms. The van der Waals surface area contributed by atoms with Crippen LogP contribution < -0.4 is 5.73 Å². The molecule has 1 fully saturated rings. The van der Waals surface area contributed by atoms with Gasteiger partial charge in [-0.15, -0.1) is 11.8 Å². The highest BCUT2D eigenvalue weighted by atomic mass is 79.9. The third kappa shape index (κ3) is 2.90. The number of thioether (sulfide) groups is 2. The van der Waals surface area contributed by atoms with E-state index in [0.29, 0.717) is 16.3 Å². The molecule has 0 radical (unpaired) electrons. The third-order valence-corrected chi connectivity index (χ3v) is 6.99. The summed E-state index contributed by atoms with van der Waals surface area (Å²) < 4.78 is 0.822. The molecular weight excluding hydrogens is 318 g/mol. The first-order valence-corrected chi connectivity index (χ1v) is 8.55. The van der Waals surface area contributed by atoms with Gasteiger partial charge in [0.25, 0.3) is 0 Å². The van der Waals surface area contributed by atoms with Crippen LogP contribution in [-0.2, 0) is 0 Å². The number of hydrogen-bond acceptors (Lipinski definition) is 5. The van der Waals surface area contributed by atoms with Crippen LogP contribution in [-0.4, -0.2) is 26.7 Å². The molecule has 2 unspecified atom stereocenters. The minimum Gasteiger partial charge on any atom is -0.383 e. The highest BCUT2D eigenvalue weighted by molar-refractivity contribution is 9.10. The first-order valence-electron chi connectivity index (χ1n) is 5.66. The fourth-order valence-electron chi connectivity index (χ4n) is 1.87. The third-order valence-electron chi connectivity index (χ3n) is 2.77. The lowest BCUT2D eigenvalue weighted by atomic mass is 10.2. The summed E-state index contributed by atoms with van der Waals surface area (Å²) in [7, 11) is 0. The summed E-state index contributed by atoms with van der Waals surface area (Å²) in [4.78, 5) is 9.02. The van der Waals surface area contributed by atoms with Crippen molar-refractivity contribution in [2.45, 2.75) is 30.8 Å². The number of hydrogen-bond donors (Lipinski definition) is 1. The molecule has 0 amide bonds. The van der Waals surface area contributed by atoms with E-state index in [4.69, 9.17) is 5.73 Å². The van der Waals surface area contributed by atoms with Gasteiger partial charge in [0.2, 0.25) is 0 Å². The van der Waals surface area contributed by atoms with Crippen LogP contribution in [0.25, 0.3) is 0 Å². The first-order chi connectivity index (χ1) is 8.13. The summed E-state index contributed by atoms with van der Waals surface area (Å²) in [6, 6.07) is 0. The molecule has 1 aliphatic heterocycles. The number of aromatic nitrogens is 2. The van der Waals surface area contributed by atoms with Gasteiger partial charge in [-0.1, -0.05) is 6.92 Å². The molecule has 0 aliphatic carbocycles. The minimum atomic E-state index is 0.382. The standard InChI is InChI=1S/C11H16BrN3S2/c1-3-7-9(17-5-4-16-7)11-14-6(2)8(12)10(13)15-11/h7,9H,3-5H2,1-2H3,(H2,13,14,15). The maximum Gasteiger partial charge on any atom is 0.145 e. The van der Waals surface area contributed by atoms with E-state index >= 15 is 0 Å². The molecule has 94 valence electrons. The van der Waals surface area contributed by atoms with Gasteiger partial charge in [0.1, 0.15) is 11.6 Å². The van der Waals surface area contributed by atoms with E-state index in [2.05, 4.69) is 32.8 Å². The highest BCUT2D eigenvalue weighted by Crippen LogP contribution is 2.43. The van der Waals surface area contributed by atoms with Crippen molar-refractivity contribution in [2.24, 2.45) is 0 Å². The number of aryl methyl sites for hydroxylation is 1. The van der Waals surface area contributed by atoms with Gasteiger partial charge in [-0.05, 0) is 29.3 Å². The lowest BCUT2D eigenvalue weighted by molar-refractivity contribution is 0.745. The monoisotopic (exact) mass is 333 g/mol. The lowest BCUT2D eigenvalue weighted by Crippen LogP contribution is -2.21. The molecule has 0 bridgehead atoms. The Morgan fingerprint density at radius 1 is 1.35 bits per heavy atom. The first kappa shape index (κ1) is 13.5. The average Bonchev–Trinajstić information content (AvgIpc) is 2.35. The number of anilines is 1. The van der Waals surface area contributed by atoms with E-state index in [9.17, 15) is 0 Å². The minimum absolute atomic E-state index is 0.382. The molecular formula is C11H16BrN3S2. The van der Waals surface area contributed by atoms with Gasteiger partial charge >= 0.3 is 0 Å². The van der Waals surface area contributed by atoms with E-state index in [-0.39, 0.29) is 0 Å². The molecule has 2 rings (SSSR count). The van der Waals surface area contributed by atoms with E-state index in [1.54, 1.807) is 0 Å². The molecule has 1 aromatic heterocycles. The molecule has 17 heavy (non-hydrogen) atoms. The number of rotatable bonds is 2. The molecule has 1 aliphatic rings. The molecule has 0 saturated carbocycles. The zero-order valence-electron chi connectivity index (χ0n) is 9.94. The van der Waals surface area contributed by atoms with Gasteiger partial charge in [0.05, 0.1) is 15.4 Å². The molecule has 0 aromatic carbocycles. The van der Waals surface area contributed by atoms with Crippen LogP contribution in [0.3, 0.4) is 0 Å². The SMILES string of the molecule is CCC1SCCSC1c1nc(C)c(Br)c(N)n1. The quantitative estimate of drug-likeness (QED) is 0.898. The summed E-state index contributed by atoms with van der Waals surface area (Å²) in [6.07, 6.45) is 1.15. The highest BCUT2D eigenvalue weighted by Gasteiger charge is 2.29. The Morgan fingerprint density at radius 3 is 2.71 bits per heavy atom. The van der Waals surface area contributed by atoms with Gasteiger partial charge < -0.3 is 5.73 Å². The number of nitrogens with two attached hydrogens (primary N) is 1. The normalized spacial score (nSPS) is 24.9. The van der Waals surface area contributed by atoms with Crippen LogP contribution in [0.4, 0.5) is 5.82 Å². The maximum atomic E-state index is 5.90. The summed E-state index contributed by atoms with van der Waals surface area (Å²) in [6.45, 7) is 4.19. The number of nitrogens with zero attached hydrogens (tertiary/aromatic N) is 2. The molecule has 2 heterocycles. The van der Waals surface area contributed by atoms with Crippen molar-refractivity contribution in [3.63, 3.8) is 0 Å². The smallest absolute Gasteiger partial charge is 0.145 e. The van der Waals surface area contributed by atoms with Crippen molar-refractivity contribution in [2.75, 3.05) is 17.2 Å². The van der Waals surface area contributed by atoms with Gasteiger partial charge in [-0.3, -0.25) is 0 Å². The Hall–Kier alpha value is 0.0600. The van der Waals surface area contributed by atoms with Crippen LogP contribution in [0, 0.1) is 6.92 Å². The largest absolute Gasteiger partial charge is 0.383 e. The Balaban J connectivity index is 2.32. The topological polar surface area (TPSA) is 51.8 Å². The molecule has 0 spiro atoms. The summed E-state index contributed by atoms with van der Waals surface area (Å²) in [5, 5.41) is 0.988. The van der Waals surface area contributed by atoms with Crippen molar-refractivity contribution < 1.29 is 0 Å². The van der Waals surface area contributed by atoms with Crippen LogP contribution in [0.15, 0.2) is 4.47 Å². The molecule has 3 nitrogen and oxygen atoms in total. The maximum absolute atomic E-state index is 5.90. The molecule has 1 aromatic rings. The van der Waals surface area contributed by atoms with Crippen molar-refractivity contribution in [1.82, 2.24) is 9.97 Å². The van der Waals surface area contributed by atoms with Gasteiger partial charge in [0, 0.05) is 16.8 Å². The summed E-state index contributed by atoms with van der Waals surface area (Å²) in [5.74, 6) is 3.85. The van der Waals surface area contributed by atoms with Crippen molar-refractivity contribution in [3.05, 3.63) is 16.0 Å².